The Hall–Kier alpha value is -1.58. The summed E-state index contributed by atoms with van der Waals surface area (Å²) < 4.78 is 13.4. The Morgan fingerprint density at radius 3 is 2.40 bits per heavy atom. The Morgan fingerprint density at radius 1 is 1.30 bits per heavy atom. The summed E-state index contributed by atoms with van der Waals surface area (Å²) in [5.41, 5.74) is 0.0502. The first-order valence-electron chi connectivity index (χ1n) is 6.73. The van der Waals surface area contributed by atoms with Crippen LogP contribution in [-0.2, 0) is 9.31 Å². The molecule has 0 radical (unpaired) electrons. The molecule has 0 amide bonds. The summed E-state index contributed by atoms with van der Waals surface area (Å²) in [6.45, 7) is 17.6. The van der Waals surface area contributed by atoms with Crippen molar-refractivity contribution in [2.24, 2.45) is 0 Å². The third-order valence-corrected chi connectivity index (χ3v) is 3.83. The fourth-order valence-electron chi connectivity index (χ4n) is 1.95. The first-order chi connectivity index (χ1) is 9.30. The second-order valence-corrected chi connectivity index (χ2v) is 5.76. The van der Waals surface area contributed by atoms with E-state index in [2.05, 4.69) is 4.85 Å². The average Bonchev–Trinajstić information content (AvgIpc) is 2.59. The fraction of sp³-hybridized carbons (Fsp3) is 0.571. The molecule has 5 nitrogen and oxygen atoms in total. The minimum Gasteiger partial charge on any atom is -0.399 e. The van der Waals surface area contributed by atoms with Crippen LogP contribution in [0.3, 0.4) is 0 Å². The van der Waals surface area contributed by atoms with Crippen LogP contribution < -0.4 is 15.0 Å². The molecular weight excluding hydrogens is 255 g/mol. The summed E-state index contributed by atoms with van der Waals surface area (Å²) in [6.07, 6.45) is 1.72. The molecule has 0 atom stereocenters. The summed E-state index contributed by atoms with van der Waals surface area (Å²) in [4.78, 5) is 8.82. The van der Waals surface area contributed by atoms with Crippen LogP contribution in [0.15, 0.2) is 18.3 Å². The van der Waals surface area contributed by atoms with Gasteiger partial charge in [-0.05, 0) is 40.1 Å². The molecule has 106 valence electrons. The lowest BCUT2D eigenvalue weighted by Crippen LogP contribution is -2.45. The summed E-state index contributed by atoms with van der Waals surface area (Å²) in [6, 6.07) is 3.59. The van der Waals surface area contributed by atoms with E-state index in [-0.39, 0.29) is 11.2 Å². The molecule has 2 rings (SSSR count). The van der Waals surface area contributed by atoms with E-state index in [1.54, 1.807) is 12.3 Å². The summed E-state index contributed by atoms with van der Waals surface area (Å²) in [5, 5.41) is 0. The molecule has 1 fully saturated rings. The van der Waals surface area contributed by atoms with Crippen molar-refractivity contribution in [1.82, 2.24) is 0 Å². The van der Waals surface area contributed by atoms with Crippen LogP contribution in [-0.4, -0.2) is 24.9 Å². The molecule has 0 aromatic carbocycles. The quantitative estimate of drug-likeness (QED) is 0.473. The predicted molar refractivity (Wildman–Crippen MR) is 75.7 cm³/mol. The van der Waals surface area contributed by atoms with Crippen molar-refractivity contribution >= 4 is 18.4 Å². The van der Waals surface area contributed by atoms with Gasteiger partial charge in [0.2, 0.25) is 6.20 Å². The lowest BCUT2D eigenvalue weighted by Gasteiger charge is -2.32. The zero-order chi connectivity index (χ0) is 15.0. The number of pyridine rings is 1. The highest BCUT2D eigenvalue weighted by atomic mass is 16.7. The van der Waals surface area contributed by atoms with Crippen molar-refractivity contribution in [3.63, 3.8) is 0 Å². The van der Waals surface area contributed by atoms with Crippen LogP contribution in [0, 0.1) is 6.57 Å². The molecule has 0 aliphatic carbocycles. The topological polar surface area (TPSA) is 35.9 Å². The Morgan fingerprint density at radius 2 is 1.90 bits per heavy atom. The van der Waals surface area contributed by atoms with Crippen LogP contribution in [0.4, 0.5) is 5.82 Å². The molecule has 0 saturated carbocycles. The summed E-state index contributed by atoms with van der Waals surface area (Å²) in [7, 11) is -0.461. The highest BCUT2D eigenvalue weighted by Gasteiger charge is 2.52. The van der Waals surface area contributed by atoms with E-state index in [4.69, 9.17) is 20.7 Å². The van der Waals surface area contributed by atoms with Gasteiger partial charge in [-0.2, -0.15) is 4.85 Å². The summed E-state index contributed by atoms with van der Waals surface area (Å²) in [5.74, 6) is 0.402. The Kier molecular flexibility index (Phi) is 3.76. The van der Waals surface area contributed by atoms with Gasteiger partial charge < -0.3 is 9.31 Å². The molecule has 0 spiro atoms. The average molecular weight is 275 g/mol. The van der Waals surface area contributed by atoms with Crippen LogP contribution in [0.25, 0.3) is 4.85 Å². The van der Waals surface area contributed by atoms with Crippen LogP contribution in [0.5, 0.6) is 0 Å². The van der Waals surface area contributed by atoms with E-state index in [9.17, 15) is 0 Å². The van der Waals surface area contributed by atoms with Gasteiger partial charge in [0.05, 0.1) is 11.2 Å². The molecule has 1 saturated heterocycles. The molecule has 1 aliphatic rings. The van der Waals surface area contributed by atoms with Crippen molar-refractivity contribution in [1.29, 1.82) is 0 Å². The van der Waals surface area contributed by atoms with Crippen molar-refractivity contribution in [2.45, 2.75) is 45.8 Å². The van der Waals surface area contributed by atoms with E-state index in [1.807, 2.05) is 40.7 Å². The van der Waals surface area contributed by atoms with Gasteiger partial charge in [-0.25, -0.2) is 0 Å². The van der Waals surface area contributed by atoms with Crippen molar-refractivity contribution in [2.75, 3.05) is 6.61 Å². The van der Waals surface area contributed by atoms with E-state index in [0.29, 0.717) is 12.4 Å². The van der Waals surface area contributed by atoms with Crippen molar-refractivity contribution in [3.8, 4) is 0 Å². The van der Waals surface area contributed by atoms with Gasteiger partial charge in [0.25, 0.3) is 0 Å². The highest BCUT2D eigenvalue weighted by molar-refractivity contribution is 6.62. The number of hydrogen-bond acceptors (Lipinski definition) is 3. The molecule has 0 unspecified atom stereocenters. The zero-order valence-electron chi connectivity index (χ0n) is 12.6. The van der Waals surface area contributed by atoms with Crippen LogP contribution >= 0.6 is 0 Å². The van der Waals surface area contributed by atoms with Gasteiger partial charge in [-0.3, -0.25) is 4.84 Å². The van der Waals surface area contributed by atoms with Gasteiger partial charge >= 0.3 is 12.9 Å². The molecule has 1 aromatic heterocycles. The lowest BCUT2D eigenvalue weighted by molar-refractivity contribution is -0.878. The molecule has 20 heavy (non-hydrogen) atoms. The van der Waals surface area contributed by atoms with Crippen LogP contribution in [0.1, 0.15) is 34.6 Å². The fourth-order valence-corrected chi connectivity index (χ4v) is 1.95. The van der Waals surface area contributed by atoms with Crippen LogP contribution in [0.2, 0.25) is 0 Å². The van der Waals surface area contributed by atoms with E-state index in [1.165, 1.54) is 4.73 Å². The number of aromatic nitrogens is 1. The molecule has 2 heterocycles. The predicted octanol–water partition coefficient (Wildman–Crippen LogP) is 1.27. The maximum Gasteiger partial charge on any atom is 0.494 e. The Labute approximate surface area is 120 Å². The number of hydrogen-bond donors (Lipinski definition) is 0. The molecule has 0 bridgehead atoms. The molecule has 1 aromatic rings. The van der Waals surface area contributed by atoms with Gasteiger partial charge in [0.15, 0.2) is 6.61 Å². The second-order valence-electron chi connectivity index (χ2n) is 5.76. The highest BCUT2D eigenvalue weighted by Crippen LogP contribution is 2.36. The number of nitrogens with zero attached hydrogens (tertiary/aromatic N) is 2. The first-order valence-corrected chi connectivity index (χ1v) is 6.73. The maximum absolute atomic E-state index is 7.23. The van der Waals surface area contributed by atoms with Gasteiger partial charge in [0.1, 0.15) is 6.57 Å². The van der Waals surface area contributed by atoms with Gasteiger partial charge in [-0.1, -0.05) is 0 Å². The minimum atomic E-state index is -0.461. The monoisotopic (exact) mass is 275 g/mol. The lowest BCUT2D eigenvalue weighted by atomic mass is 9.80. The smallest absolute Gasteiger partial charge is 0.399 e. The number of rotatable bonds is 3. The van der Waals surface area contributed by atoms with Gasteiger partial charge in [-0.15, -0.1) is 0 Å². The third-order valence-electron chi connectivity index (χ3n) is 3.83. The van der Waals surface area contributed by atoms with E-state index in [0.717, 1.165) is 5.46 Å². The maximum atomic E-state index is 7.23. The molecule has 6 heteroatoms. The van der Waals surface area contributed by atoms with Gasteiger partial charge in [0, 0.05) is 16.9 Å². The normalized spacial score (nSPS) is 19.7. The molecule has 1 aliphatic heterocycles. The van der Waals surface area contributed by atoms with E-state index < -0.39 is 7.12 Å². The Balaban J connectivity index is 2.30. The second kappa shape index (κ2) is 5.08. The largest absolute Gasteiger partial charge is 0.494 e. The van der Waals surface area contributed by atoms with Crippen molar-refractivity contribution in [3.05, 3.63) is 29.7 Å². The molecule has 0 N–H and O–H groups in total. The SMILES string of the molecule is [C-]#[N+]c1cc(B2OC(C)(C)C(C)(C)O2)cc[n+]1OCC. The minimum absolute atomic E-state index is 0.387. The Bertz CT molecular complexity index is 536. The standard InChI is InChI=1S/C14H20BN2O3/c1-7-18-17-9-8-11(10-12(17)16-6)15-19-13(2,3)14(4,5)20-15/h8-10H,7H2,1-5H3/q+1. The van der Waals surface area contributed by atoms with E-state index >= 15 is 0 Å². The first kappa shape index (κ1) is 14.8. The third kappa shape index (κ3) is 2.51. The summed E-state index contributed by atoms with van der Waals surface area (Å²) >= 11 is 0. The zero-order valence-corrected chi connectivity index (χ0v) is 12.6. The van der Waals surface area contributed by atoms with Crippen molar-refractivity contribution < 1.29 is 18.9 Å². The molecular formula is C14H20BN2O3+.